The van der Waals surface area contributed by atoms with Gasteiger partial charge in [0.2, 0.25) is 0 Å². The molecule has 1 fully saturated rings. The lowest BCUT2D eigenvalue weighted by molar-refractivity contribution is -0.135. The molecule has 1 heterocycles. The molecule has 22 heavy (non-hydrogen) atoms. The predicted molar refractivity (Wildman–Crippen MR) is 92.5 cm³/mol. The number of amides is 1. The Hall–Kier alpha value is -0.680. The van der Waals surface area contributed by atoms with Gasteiger partial charge in [-0.3, -0.25) is 4.79 Å². The Morgan fingerprint density at radius 1 is 1.45 bits per heavy atom. The van der Waals surface area contributed by atoms with Crippen molar-refractivity contribution >= 4 is 41.5 Å². The first kappa shape index (κ1) is 19.4. The Morgan fingerprint density at radius 2 is 2.23 bits per heavy atom. The lowest BCUT2D eigenvalue weighted by atomic mass is 10.2. The standard InChI is InChI=1S/C15H20Cl2N2O2.ClH/c1-2-7-19(12-5-6-18-9-12)15(20)10-21-14-8-11(16)3-4-13(14)17;/h3-4,8,12,18H,2,5-7,9-10H2,1H3;1H. The monoisotopic (exact) mass is 366 g/mol. The minimum atomic E-state index is -0.0173. The van der Waals surface area contributed by atoms with E-state index in [1.54, 1.807) is 18.2 Å². The average Bonchev–Trinajstić information content (AvgIpc) is 2.99. The van der Waals surface area contributed by atoms with Crippen LogP contribution in [0.1, 0.15) is 19.8 Å². The first-order chi connectivity index (χ1) is 10.1. The highest BCUT2D eigenvalue weighted by Gasteiger charge is 2.26. The fraction of sp³-hybridized carbons (Fsp3) is 0.533. The van der Waals surface area contributed by atoms with Crippen LogP contribution in [-0.2, 0) is 4.79 Å². The van der Waals surface area contributed by atoms with E-state index in [1.165, 1.54) is 0 Å². The summed E-state index contributed by atoms with van der Waals surface area (Å²) in [5, 5.41) is 4.27. The second-order valence-corrected chi connectivity index (χ2v) is 5.94. The molecule has 4 nitrogen and oxygen atoms in total. The minimum Gasteiger partial charge on any atom is -0.482 e. The molecule has 0 radical (unpaired) electrons. The first-order valence-corrected chi connectivity index (χ1v) is 7.95. The minimum absolute atomic E-state index is 0. The summed E-state index contributed by atoms with van der Waals surface area (Å²) in [6.07, 6.45) is 1.92. The maximum absolute atomic E-state index is 12.4. The quantitative estimate of drug-likeness (QED) is 0.838. The Kier molecular flexibility index (Phi) is 8.33. The number of hydrogen-bond donors (Lipinski definition) is 1. The summed E-state index contributed by atoms with van der Waals surface area (Å²) in [6.45, 7) is 4.61. The van der Waals surface area contributed by atoms with Gasteiger partial charge in [0.05, 0.1) is 5.02 Å². The first-order valence-electron chi connectivity index (χ1n) is 7.20. The van der Waals surface area contributed by atoms with E-state index < -0.39 is 0 Å². The van der Waals surface area contributed by atoms with E-state index >= 15 is 0 Å². The van der Waals surface area contributed by atoms with E-state index in [2.05, 4.69) is 12.2 Å². The molecule has 0 bridgehead atoms. The highest BCUT2D eigenvalue weighted by atomic mass is 35.5. The van der Waals surface area contributed by atoms with E-state index in [4.69, 9.17) is 27.9 Å². The lowest BCUT2D eigenvalue weighted by Gasteiger charge is -2.28. The molecule has 2 rings (SSSR count). The molecule has 1 amide bonds. The molecule has 1 N–H and O–H groups in total. The molecule has 1 aliphatic rings. The molecule has 1 unspecified atom stereocenters. The van der Waals surface area contributed by atoms with Crippen LogP contribution in [0.15, 0.2) is 18.2 Å². The topological polar surface area (TPSA) is 41.6 Å². The fourth-order valence-corrected chi connectivity index (χ4v) is 2.80. The van der Waals surface area contributed by atoms with Crippen molar-refractivity contribution in [2.45, 2.75) is 25.8 Å². The van der Waals surface area contributed by atoms with Gasteiger partial charge in [0.25, 0.3) is 5.91 Å². The van der Waals surface area contributed by atoms with Crippen molar-refractivity contribution in [3.05, 3.63) is 28.2 Å². The van der Waals surface area contributed by atoms with Crippen LogP contribution in [0.4, 0.5) is 0 Å². The van der Waals surface area contributed by atoms with E-state index in [0.717, 1.165) is 32.5 Å². The van der Waals surface area contributed by atoms with Crippen LogP contribution in [-0.4, -0.2) is 43.1 Å². The maximum atomic E-state index is 12.4. The predicted octanol–water partition coefficient (Wildman–Crippen LogP) is 3.39. The van der Waals surface area contributed by atoms with Crippen LogP contribution in [0, 0.1) is 0 Å². The third-order valence-corrected chi connectivity index (χ3v) is 4.05. The number of ether oxygens (including phenoxy) is 1. The van der Waals surface area contributed by atoms with Crippen molar-refractivity contribution in [2.24, 2.45) is 0 Å². The summed E-state index contributed by atoms with van der Waals surface area (Å²) in [5.74, 6) is 0.431. The number of nitrogens with zero attached hydrogens (tertiary/aromatic N) is 1. The third-order valence-electron chi connectivity index (χ3n) is 3.50. The van der Waals surface area contributed by atoms with Crippen LogP contribution in [0.5, 0.6) is 5.75 Å². The van der Waals surface area contributed by atoms with Crippen LogP contribution in [0.25, 0.3) is 0 Å². The van der Waals surface area contributed by atoms with E-state index in [9.17, 15) is 4.79 Å². The molecule has 1 saturated heterocycles. The normalized spacial score (nSPS) is 17.0. The maximum Gasteiger partial charge on any atom is 0.260 e. The van der Waals surface area contributed by atoms with Gasteiger partial charge in [0.1, 0.15) is 5.75 Å². The molecular weight excluding hydrogens is 347 g/mol. The fourth-order valence-electron chi connectivity index (χ4n) is 2.47. The molecule has 7 heteroatoms. The summed E-state index contributed by atoms with van der Waals surface area (Å²) >= 11 is 11.9. The van der Waals surface area contributed by atoms with Crippen molar-refractivity contribution in [2.75, 3.05) is 26.2 Å². The number of carbonyl (C=O) groups is 1. The molecule has 0 saturated carbocycles. The van der Waals surface area contributed by atoms with Gasteiger partial charge in [-0.1, -0.05) is 30.1 Å². The smallest absolute Gasteiger partial charge is 0.260 e. The zero-order chi connectivity index (χ0) is 15.2. The van der Waals surface area contributed by atoms with Crippen molar-refractivity contribution in [1.29, 1.82) is 0 Å². The van der Waals surface area contributed by atoms with Crippen molar-refractivity contribution in [1.82, 2.24) is 10.2 Å². The van der Waals surface area contributed by atoms with Crippen LogP contribution in [0.2, 0.25) is 10.0 Å². The Bertz CT molecular complexity index is 494. The SMILES string of the molecule is CCCN(C(=O)COc1cc(Cl)ccc1Cl)C1CCNC1.Cl. The van der Waals surface area contributed by atoms with Crippen molar-refractivity contribution < 1.29 is 9.53 Å². The summed E-state index contributed by atoms with van der Waals surface area (Å²) in [5.41, 5.74) is 0. The van der Waals surface area contributed by atoms with Gasteiger partial charge in [-0.05, 0) is 31.5 Å². The molecular formula is C15H21Cl3N2O2. The number of hydrogen-bond acceptors (Lipinski definition) is 3. The summed E-state index contributed by atoms with van der Waals surface area (Å²) in [7, 11) is 0. The Balaban J connectivity index is 0.00000242. The van der Waals surface area contributed by atoms with Crippen LogP contribution in [0.3, 0.4) is 0 Å². The van der Waals surface area contributed by atoms with Crippen molar-refractivity contribution in [3.63, 3.8) is 0 Å². The summed E-state index contributed by atoms with van der Waals surface area (Å²) in [4.78, 5) is 14.3. The highest BCUT2D eigenvalue weighted by Crippen LogP contribution is 2.27. The van der Waals surface area contributed by atoms with E-state index in [0.29, 0.717) is 15.8 Å². The number of carbonyl (C=O) groups excluding carboxylic acids is 1. The zero-order valence-corrected chi connectivity index (χ0v) is 14.8. The molecule has 1 aromatic carbocycles. The van der Waals surface area contributed by atoms with Gasteiger partial charge in [-0.2, -0.15) is 0 Å². The Morgan fingerprint density at radius 3 is 2.86 bits per heavy atom. The van der Waals surface area contributed by atoms with Gasteiger partial charge in [-0.15, -0.1) is 12.4 Å². The van der Waals surface area contributed by atoms with Gasteiger partial charge in [0, 0.05) is 30.2 Å². The van der Waals surface area contributed by atoms with E-state index in [-0.39, 0.29) is 31.0 Å². The van der Waals surface area contributed by atoms with Gasteiger partial charge < -0.3 is 15.0 Å². The highest BCUT2D eigenvalue weighted by molar-refractivity contribution is 6.34. The molecule has 1 aliphatic heterocycles. The molecule has 1 atom stereocenters. The second-order valence-electron chi connectivity index (χ2n) is 5.10. The van der Waals surface area contributed by atoms with Gasteiger partial charge in [-0.25, -0.2) is 0 Å². The largest absolute Gasteiger partial charge is 0.482 e. The Labute approximate surface area is 147 Å². The van der Waals surface area contributed by atoms with Crippen molar-refractivity contribution in [3.8, 4) is 5.75 Å². The zero-order valence-electron chi connectivity index (χ0n) is 12.5. The van der Waals surface area contributed by atoms with E-state index in [1.807, 2.05) is 4.90 Å². The molecule has 0 aromatic heterocycles. The number of benzene rings is 1. The third kappa shape index (κ3) is 5.20. The average molecular weight is 368 g/mol. The molecule has 1 aromatic rings. The summed E-state index contributed by atoms with van der Waals surface area (Å²) < 4.78 is 5.54. The molecule has 124 valence electrons. The number of nitrogens with one attached hydrogen (secondary N) is 1. The van der Waals surface area contributed by atoms with Gasteiger partial charge >= 0.3 is 0 Å². The number of rotatable bonds is 6. The lowest BCUT2D eigenvalue weighted by Crippen LogP contribution is -2.44. The molecule has 0 spiro atoms. The molecule has 0 aliphatic carbocycles. The van der Waals surface area contributed by atoms with Gasteiger partial charge in [0.15, 0.2) is 6.61 Å². The summed E-state index contributed by atoms with van der Waals surface area (Å²) in [6, 6.07) is 5.23. The second kappa shape index (κ2) is 9.46. The number of halogens is 3. The van der Waals surface area contributed by atoms with Crippen LogP contribution >= 0.6 is 35.6 Å². The van der Waals surface area contributed by atoms with Crippen LogP contribution < -0.4 is 10.1 Å².